The van der Waals surface area contributed by atoms with Gasteiger partial charge in [-0.1, -0.05) is 6.92 Å². The summed E-state index contributed by atoms with van der Waals surface area (Å²) in [5, 5.41) is 11.7. The van der Waals surface area contributed by atoms with E-state index < -0.39 is 0 Å². The summed E-state index contributed by atoms with van der Waals surface area (Å²) >= 11 is 0. The predicted octanol–water partition coefficient (Wildman–Crippen LogP) is 1.02. The smallest absolute Gasteiger partial charge is 0.270 e. The molecule has 0 aliphatic carbocycles. The van der Waals surface area contributed by atoms with E-state index in [9.17, 15) is 4.79 Å². The second kappa shape index (κ2) is 5.81. The van der Waals surface area contributed by atoms with Crippen molar-refractivity contribution in [2.24, 2.45) is 5.92 Å². The molecule has 2 unspecified atom stereocenters. The molecular weight excluding hydrogens is 240 g/mol. The third-order valence-corrected chi connectivity index (χ3v) is 3.55. The molecule has 0 bridgehead atoms. The van der Waals surface area contributed by atoms with Gasteiger partial charge in [-0.15, -0.1) is 0 Å². The van der Waals surface area contributed by atoms with E-state index in [2.05, 4.69) is 29.2 Å². The van der Waals surface area contributed by atoms with E-state index in [1.807, 2.05) is 6.07 Å². The Hall–Kier alpha value is -1.93. The van der Waals surface area contributed by atoms with Gasteiger partial charge in [-0.25, -0.2) is 4.98 Å². The number of pyridine rings is 1. The summed E-state index contributed by atoms with van der Waals surface area (Å²) in [6.07, 6.45) is 2.38. The van der Waals surface area contributed by atoms with Crippen LogP contribution >= 0.6 is 0 Å². The van der Waals surface area contributed by atoms with Gasteiger partial charge in [0, 0.05) is 18.8 Å². The molecule has 1 fully saturated rings. The van der Waals surface area contributed by atoms with E-state index in [1.165, 1.54) is 6.20 Å². The number of likely N-dealkylation sites (tertiary alicyclic amines) is 1. The lowest BCUT2D eigenvalue weighted by Crippen LogP contribution is -2.49. The maximum Gasteiger partial charge on any atom is 0.270 e. The Labute approximate surface area is 113 Å². The largest absolute Gasteiger partial charge is 0.348 e. The van der Waals surface area contributed by atoms with Gasteiger partial charge in [-0.2, -0.15) is 5.26 Å². The van der Waals surface area contributed by atoms with Crippen molar-refractivity contribution in [3.8, 4) is 6.07 Å². The first-order chi connectivity index (χ1) is 9.10. The molecule has 1 aliphatic heterocycles. The van der Waals surface area contributed by atoms with Gasteiger partial charge in [0.15, 0.2) is 0 Å². The summed E-state index contributed by atoms with van der Waals surface area (Å²) in [6.45, 7) is 4.13. The van der Waals surface area contributed by atoms with Crippen LogP contribution in [0.25, 0.3) is 0 Å². The number of nitriles is 1. The molecule has 0 spiro atoms. The molecule has 2 rings (SSSR count). The Morgan fingerprint density at radius 1 is 1.58 bits per heavy atom. The zero-order valence-electron chi connectivity index (χ0n) is 11.3. The monoisotopic (exact) mass is 258 g/mol. The number of nitrogens with one attached hydrogen (secondary N) is 1. The molecule has 2 atom stereocenters. The maximum absolute atomic E-state index is 12.1. The Balaban J connectivity index is 1.98. The SMILES string of the molecule is CC1CN(C)CCC1NC(=O)c1ccc(C#N)cn1. The number of carbonyl (C=O) groups is 1. The molecule has 1 saturated heterocycles. The predicted molar refractivity (Wildman–Crippen MR) is 71.5 cm³/mol. The molecule has 0 radical (unpaired) electrons. The highest BCUT2D eigenvalue weighted by atomic mass is 16.1. The van der Waals surface area contributed by atoms with Crippen LogP contribution in [0.1, 0.15) is 29.4 Å². The van der Waals surface area contributed by atoms with Crippen molar-refractivity contribution in [2.75, 3.05) is 20.1 Å². The molecule has 0 aromatic carbocycles. The molecule has 0 saturated carbocycles. The van der Waals surface area contributed by atoms with Crippen molar-refractivity contribution in [2.45, 2.75) is 19.4 Å². The second-order valence-electron chi connectivity index (χ2n) is 5.15. The molecular formula is C14H18N4O. The van der Waals surface area contributed by atoms with Crippen LogP contribution in [0.3, 0.4) is 0 Å². The van der Waals surface area contributed by atoms with Crippen LogP contribution in [0.4, 0.5) is 0 Å². The first-order valence-corrected chi connectivity index (χ1v) is 6.45. The summed E-state index contributed by atoms with van der Waals surface area (Å²) in [6, 6.07) is 5.38. The summed E-state index contributed by atoms with van der Waals surface area (Å²) < 4.78 is 0. The summed E-state index contributed by atoms with van der Waals surface area (Å²) in [7, 11) is 2.09. The molecule has 19 heavy (non-hydrogen) atoms. The Morgan fingerprint density at radius 3 is 2.95 bits per heavy atom. The standard InChI is InChI=1S/C14H18N4O/c1-10-9-18(2)6-5-12(10)17-14(19)13-4-3-11(7-15)8-16-13/h3-4,8,10,12H,5-6,9H2,1-2H3,(H,17,19). The lowest BCUT2D eigenvalue weighted by atomic mass is 9.94. The van der Waals surface area contributed by atoms with Crippen LogP contribution in [0, 0.1) is 17.2 Å². The molecule has 1 aromatic rings. The third kappa shape index (κ3) is 3.30. The van der Waals surface area contributed by atoms with Crippen LogP contribution in [0.5, 0.6) is 0 Å². The van der Waals surface area contributed by atoms with Gasteiger partial charge < -0.3 is 10.2 Å². The highest BCUT2D eigenvalue weighted by Crippen LogP contribution is 2.15. The number of nitrogens with zero attached hydrogens (tertiary/aromatic N) is 3. The lowest BCUT2D eigenvalue weighted by Gasteiger charge is -2.35. The molecule has 5 heteroatoms. The number of amides is 1. The first-order valence-electron chi connectivity index (χ1n) is 6.45. The highest BCUT2D eigenvalue weighted by Gasteiger charge is 2.25. The number of rotatable bonds is 2. The number of hydrogen-bond donors (Lipinski definition) is 1. The zero-order valence-corrected chi connectivity index (χ0v) is 11.3. The summed E-state index contributed by atoms with van der Waals surface area (Å²) in [5.74, 6) is 0.270. The second-order valence-corrected chi connectivity index (χ2v) is 5.15. The van der Waals surface area contributed by atoms with Crippen molar-refractivity contribution >= 4 is 5.91 Å². The average molecular weight is 258 g/mol. The Bertz CT molecular complexity index is 491. The van der Waals surface area contributed by atoms with Crippen molar-refractivity contribution in [3.63, 3.8) is 0 Å². The van der Waals surface area contributed by atoms with Crippen molar-refractivity contribution in [1.29, 1.82) is 5.26 Å². The molecule has 1 amide bonds. The van der Waals surface area contributed by atoms with E-state index in [0.717, 1.165) is 19.5 Å². The number of aromatic nitrogens is 1. The maximum atomic E-state index is 12.1. The van der Waals surface area contributed by atoms with Gasteiger partial charge in [0.05, 0.1) is 5.56 Å². The van der Waals surface area contributed by atoms with E-state index >= 15 is 0 Å². The van der Waals surface area contributed by atoms with Gasteiger partial charge in [0.25, 0.3) is 5.91 Å². The minimum atomic E-state index is -0.161. The molecule has 2 heterocycles. The van der Waals surface area contributed by atoms with Crippen LogP contribution in [0.2, 0.25) is 0 Å². The van der Waals surface area contributed by atoms with Crippen LogP contribution < -0.4 is 5.32 Å². The molecule has 1 N–H and O–H groups in total. The highest BCUT2D eigenvalue weighted by molar-refractivity contribution is 5.92. The fourth-order valence-electron chi connectivity index (χ4n) is 2.41. The molecule has 5 nitrogen and oxygen atoms in total. The van der Waals surface area contributed by atoms with Gasteiger partial charge >= 0.3 is 0 Å². The fourth-order valence-corrected chi connectivity index (χ4v) is 2.41. The molecule has 1 aliphatic rings. The number of piperidine rings is 1. The summed E-state index contributed by atoms with van der Waals surface area (Å²) in [5.41, 5.74) is 0.828. The molecule has 1 aromatic heterocycles. The van der Waals surface area contributed by atoms with Crippen LogP contribution in [-0.2, 0) is 0 Å². The minimum absolute atomic E-state index is 0.161. The van der Waals surface area contributed by atoms with Crippen LogP contribution in [-0.4, -0.2) is 42.0 Å². The van der Waals surface area contributed by atoms with E-state index in [1.54, 1.807) is 12.1 Å². The van der Waals surface area contributed by atoms with E-state index in [4.69, 9.17) is 5.26 Å². The van der Waals surface area contributed by atoms with Crippen LogP contribution in [0.15, 0.2) is 18.3 Å². The van der Waals surface area contributed by atoms with Crippen molar-refractivity contribution < 1.29 is 4.79 Å². The summed E-state index contributed by atoms with van der Waals surface area (Å²) in [4.78, 5) is 18.4. The third-order valence-electron chi connectivity index (χ3n) is 3.55. The normalized spacial score (nSPS) is 23.6. The van der Waals surface area contributed by atoms with E-state index in [-0.39, 0.29) is 11.9 Å². The minimum Gasteiger partial charge on any atom is -0.348 e. The lowest BCUT2D eigenvalue weighted by molar-refractivity contribution is 0.0879. The number of hydrogen-bond acceptors (Lipinski definition) is 4. The Morgan fingerprint density at radius 2 is 2.37 bits per heavy atom. The van der Waals surface area contributed by atoms with Gasteiger partial charge in [-0.3, -0.25) is 4.79 Å². The Kier molecular flexibility index (Phi) is 4.13. The zero-order chi connectivity index (χ0) is 13.8. The quantitative estimate of drug-likeness (QED) is 0.860. The average Bonchev–Trinajstić information content (AvgIpc) is 2.42. The van der Waals surface area contributed by atoms with Gasteiger partial charge in [0.2, 0.25) is 0 Å². The fraction of sp³-hybridized carbons (Fsp3) is 0.500. The van der Waals surface area contributed by atoms with Gasteiger partial charge in [0.1, 0.15) is 11.8 Å². The number of carbonyl (C=O) groups excluding carboxylic acids is 1. The van der Waals surface area contributed by atoms with Crippen molar-refractivity contribution in [3.05, 3.63) is 29.6 Å². The topological polar surface area (TPSA) is 69.0 Å². The van der Waals surface area contributed by atoms with Gasteiger partial charge in [-0.05, 0) is 38.1 Å². The van der Waals surface area contributed by atoms with E-state index in [0.29, 0.717) is 17.2 Å². The molecule has 100 valence electrons. The van der Waals surface area contributed by atoms with Crippen molar-refractivity contribution in [1.82, 2.24) is 15.2 Å². The first kappa shape index (κ1) is 13.5.